The summed E-state index contributed by atoms with van der Waals surface area (Å²) in [5.74, 6) is 0. The normalized spacial score (nSPS) is 12.9. The molecule has 0 amide bonds. The van der Waals surface area contributed by atoms with Gasteiger partial charge in [-0.2, -0.15) is 0 Å². The van der Waals surface area contributed by atoms with Crippen LogP contribution in [0.2, 0.25) is 0 Å². The second kappa shape index (κ2) is 45.8. The lowest BCUT2D eigenvalue weighted by Gasteiger charge is -2.15. The molecule has 294 valence electrons. The highest BCUT2D eigenvalue weighted by molar-refractivity contribution is 4.98. The third-order valence-corrected chi connectivity index (χ3v) is 9.56. The summed E-state index contributed by atoms with van der Waals surface area (Å²) < 4.78 is 0. The van der Waals surface area contributed by atoms with Gasteiger partial charge in [-0.15, -0.1) is 0 Å². The quantitative estimate of drug-likeness (QED) is 0.0379. The highest BCUT2D eigenvalue weighted by Gasteiger charge is 2.03. The molecule has 0 aliphatic carbocycles. The average molecular weight is 699 g/mol. The second-order valence-electron chi connectivity index (χ2n) is 14.6. The van der Waals surface area contributed by atoms with E-state index >= 15 is 0 Å². The van der Waals surface area contributed by atoms with Gasteiger partial charge in [0.05, 0.1) is 0 Å². The van der Waals surface area contributed by atoms with Crippen molar-refractivity contribution < 1.29 is 0 Å². The van der Waals surface area contributed by atoms with E-state index in [2.05, 4.69) is 90.6 Å². The fraction of sp³-hybridized carbons (Fsp3) is 0.826. The third kappa shape index (κ3) is 43.0. The first-order chi connectivity index (χ1) is 24.8. The Morgan fingerprint density at radius 3 is 1.28 bits per heavy atom. The van der Waals surface area contributed by atoms with Crippen molar-refractivity contribution in [2.75, 3.05) is 45.8 Å². The molecule has 50 heavy (non-hydrogen) atoms. The number of allylic oxidation sites excluding steroid dienone is 7. The second-order valence-corrected chi connectivity index (χ2v) is 14.6. The molecule has 1 atom stereocenters. The van der Waals surface area contributed by atoms with Crippen molar-refractivity contribution in [2.45, 2.75) is 200 Å². The van der Waals surface area contributed by atoms with Gasteiger partial charge in [0.1, 0.15) is 0 Å². The van der Waals surface area contributed by atoms with Crippen LogP contribution >= 0.6 is 0 Å². The molecule has 0 heterocycles. The summed E-state index contributed by atoms with van der Waals surface area (Å²) in [6.45, 7) is 14.8. The Bertz CT molecular complexity index is 728. The maximum Gasteiger partial charge on any atom is 0.0250 e. The van der Waals surface area contributed by atoms with Crippen molar-refractivity contribution in [1.82, 2.24) is 21.3 Å². The molecule has 0 aliphatic rings. The molecule has 1 unspecified atom stereocenters. The third-order valence-electron chi connectivity index (χ3n) is 9.56. The van der Waals surface area contributed by atoms with Gasteiger partial charge in [0.15, 0.2) is 0 Å². The first-order valence-electron chi connectivity index (χ1n) is 22.3. The number of unbranched alkanes of at least 4 members (excludes halogenated alkanes) is 17. The summed E-state index contributed by atoms with van der Waals surface area (Å²) in [5, 5.41) is 14.8. The largest absolute Gasteiger partial charge is 0.317 e. The molecule has 0 bridgehead atoms. The van der Waals surface area contributed by atoms with Crippen molar-refractivity contribution >= 4 is 0 Å². The topological polar surface area (TPSA) is 48.1 Å². The Balaban J connectivity index is 3.52. The fourth-order valence-corrected chi connectivity index (χ4v) is 6.23. The molecule has 0 aromatic rings. The number of hydrogen-bond donors (Lipinski definition) is 4. The maximum absolute atomic E-state index is 3.83. The summed E-state index contributed by atoms with van der Waals surface area (Å²) in [6.07, 6.45) is 54.2. The van der Waals surface area contributed by atoms with Crippen LogP contribution in [0.15, 0.2) is 48.6 Å². The van der Waals surface area contributed by atoms with Gasteiger partial charge < -0.3 is 21.3 Å². The minimum Gasteiger partial charge on any atom is -0.317 e. The number of hydrogen-bond acceptors (Lipinski definition) is 4. The molecule has 0 saturated carbocycles. The first-order valence-corrected chi connectivity index (χ1v) is 22.3. The van der Waals surface area contributed by atoms with Crippen LogP contribution in [0, 0.1) is 0 Å². The lowest BCUT2D eigenvalue weighted by atomic mass is 10.1. The molecule has 0 saturated heterocycles. The number of rotatable bonds is 42. The lowest BCUT2D eigenvalue weighted by Crippen LogP contribution is -2.30. The molecule has 0 radical (unpaired) electrons. The van der Waals surface area contributed by atoms with Crippen LogP contribution in [0.5, 0.6) is 0 Å². The van der Waals surface area contributed by atoms with E-state index < -0.39 is 0 Å². The summed E-state index contributed by atoms with van der Waals surface area (Å²) in [6, 6.07) is 0.530. The molecule has 0 aromatic carbocycles. The van der Waals surface area contributed by atoms with E-state index in [4.69, 9.17) is 0 Å². The van der Waals surface area contributed by atoms with Crippen molar-refractivity contribution in [3.8, 4) is 0 Å². The van der Waals surface area contributed by atoms with E-state index in [1.165, 1.54) is 167 Å². The van der Waals surface area contributed by atoms with Crippen LogP contribution < -0.4 is 21.3 Å². The zero-order chi connectivity index (χ0) is 36.1. The Kier molecular flexibility index (Phi) is 44.7. The predicted molar refractivity (Wildman–Crippen MR) is 229 cm³/mol. The first kappa shape index (κ1) is 48.8. The lowest BCUT2D eigenvalue weighted by molar-refractivity contribution is 0.495. The molecule has 0 aromatic heterocycles. The standard InChI is InChI=1S/C46H90N4/c1-4-7-10-13-15-17-18-19-20-21-22-23-24-26-29-32-39-47-42-35-43-48-40-33-34-41-49-44-36-45-50-46(37-30-27-12-9-6-3)38-31-28-25-16-14-11-8-5-2/h15-17,19-20,25,31,38,46-50H,4-14,18,21-24,26-30,32-37,39-45H2,1-3H3/b17-15+,20-19-,25-16+,38-31-. The monoisotopic (exact) mass is 699 g/mol. The maximum atomic E-state index is 3.83. The zero-order valence-electron chi connectivity index (χ0n) is 34.2. The van der Waals surface area contributed by atoms with Gasteiger partial charge in [-0.25, -0.2) is 0 Å². The minimum absolute atomic E-state index is 0.530. The van der Waals surface area contributed by atoms with Crippen molar-refractivity contribution in [3.63, 3.8) is 0 Å². The van der Waals surface area contributed by atoms with Gasteiger partial charge in [-0.05, 0) is 136 Å². The molecule has 0 rings (SSSR count). The Labute approximate surface area is 315 Å². The molecular weight excluding hydrogens is 609 g/mol. The van der Waals surface area contributed by atoms with Crippen molar-refractivity contribution in [2.24, 2.45) is 0 Å². The summed E-state index contributed by atoms with van der Waals surface area (Å²) in [4.78, 5) is 0. The molecule has 0 spiro atoms. The van der Waals surface area contributed by atoms with Crippen LogP contribution in [0.1, 0.15) is 194 Å². The van der Waals surface area contributed by atoms with Gasteiger partial charge in [0.25, 0.3) is 0 Å². The smallest absolute Gasteiger partial charge is 0.0250 e. The minimum atomic E-state index is 0.530. The van der Waals surface area contributed by atoms with E-state index in [1.54, 1.807) is 0 Å². The van der Waals surface area contributed by atoms with Crippen LogP contribution in [0.4, 0.5) is 0 Å². The summed E-state index contributed by atoms with van der Waals surface area (Å²) in [5.41, 5.74) is 0. The van der Waals surface area contributed by atoms with Crippen LogP contribution in [-0.4, -0.2) is 51.9 Å². The Hall–Kier alpha value is -1.20. The van der Waals surface area contributed by atoms with Gasteiger partial charge in [-0.3, -0.25) is 0 Å². The van der Waals surface area contributed by atoms with E-state index in [-0.39, 0.29) is 0 Å². The van der Waals surface area contributed by atoms with Gasteiger partial charge in [-0.1, -0.05) is 153 Å². The Morgan fingerprint density at radius 1 is 0.340 bits per heavy atom. The molecule has 4 nitrogen and oxygen atoms in total. The van der Waals surface area contributed by atoms with Crippen LogP contribution in [0.3, 0.4) is 0 Å². The SMILES string of the molecule is CCCCC/C=C/C/C=C\CCCCCCCCNCCCNCCCCNCCCNC(/C=C\C/C=C/CCCCC)CCCCCCC. The molecule has 0 aliphatic heterocycles. The Morgan fingerprint density at radius 2 is 0.720 bits per heavy atom. The zero-order valence-corrected chi connectivity index (χ0v) is 34.2. The molecule has 4 heteroatoms. The van der Waals surface area contributed by atoms with E-state index in [9.17, 15) is 0 Å². The molecular formula is C46H90N4. The van der Waals surface area contributed by atoms with E-state index in [1.807, 2.05) is 0 Å². The van der Waals surface area contributed by atoms with Gasteiger partial charge >= 0.3 is 0 Å². The van der Waals surface area contributed by atoms with E-state index in [0.717, 1.165) is 52.1 Å². The van der Waals surface area contributed by atoms with Crippen LogP contribution in [-0.2, 0) is 0 Å². The summed E-state index contributed by atoms with van der Waals surface area (Å²) in [7, 11) is 0. The average Bonchev–Trinajstić information content (AvgIpc) is 3.13. The van der Waals surface area contributed by atoms with Gasteiger partial charge in [0, 0.05) is 6.04 Å². The highest BCUT2D eigenvalue weighted by Crippen LogP contribution is 2.10. The summed E-state index contributed by atoms with van der Waals surface area (Å²) >= 11 is 0. The van der Waals surface area contributed by atoms with Crippen LogP contribution in [0.25, 0.3) is 0 Å². The van der Waals surface area contributed by atoms with Crippen molar-refractivity contribution in [1.29, 1.82) is 0 Å². The molecule has 0 fully saturated rings. The predicted octanol–water partition coefficient (Wildman–Crippen LogP) is 12.5. The molecule has 4 N–H and O–H groups in total. The fourth-order valence-electron chi connectivity index (χ4n) is 6.23. The van der Waals surface area contributed by atoms with Crippen molar-refractivity contribution in [3.05, 3.63) is 48.6 Å². The number of nitrogens with one attached hydrogen (secondary N) is 4. The van der Waals surface area contributed by atoms with Gasteiger partial charge in [0.2, 0.25) is 0 Å². The van der Waals surface area contributed by atoms with E-state index in [0.29, 0.717) is 6.04 Å². The highest BCUT2D eigenvalue weighted by atomic mass is 14.9.